The molecular weight excluding hydrogens is 518 g/mol. The lowest BCUT2D eigenvalue weighted by Crippen LogP contribution is -2.46. The average molecular weight is 556 g/mol. The molecule has 0 heterocycles. The topological polar surface area (TPSA) is 193 Å². The smallest absolute Gasteiger partial charge is 0.407 e. The number of benzene rings is 2. The number of carbonyl (C=O) groups excluding carboxylic acids is 3. The van der Waals surface area contributed by atoms with E-state index < -0.39 is 40.7 Å². The third-order valence-electron chi connectivity index (χ3n) is 5.50. The Kier molecular flexibility index (Phi) is 11.9. The van der Waals surface area contributed by atoms with Gasteiger partial charge >= 0.3 is 12.1 Å². The molecule has 13 heteroatoms. The van der Waals surface area contributed by atoms with Gasteiger partial charge in [0.15, 0.2) is 5.96 Å². The number of hydrogen-bond acceptors (Lipinski definition) is 7. The van der Waals surface area contributed by atoms with Gasteiger partial charge in [0, 0.05) is 36.5 Å². The summed E-state index contributed by atoms with van der Waals surface area (Å²) in [6.07, 6.45) is -1.30. The Morgan fingerprint density at radius 3 is 2.27 bits per heavy atom. The SMILES string of the molecule is CC(C)(C)OC(=O)NCCc1ccc(C(=O)N(CCC[C@@H](NC(=N)N)[N+](=O)[O-])C(=O)NCc2ccccc2)cc1. The van der Waals surface area contributed by atoms with Crippen LogP contribution in [0.15, 0.2) is 54.6 Å². The van der Waals surface area contributed by atoms with Crippen LogP contribution in [0.3, 0.4) is 0 Å². The third-order valence-corrected chi connectivity index (χ3v) is 5.50. The van der Waals surface area contributed by atoms with E-state index in [0.717, 1.165) is 16.0 Å². The first-order valence-electron chi connectivity index (χ1n) is 12.8. The van der Waals surface area contributed by atoms with E-state index in [1.807, 2.05) is 30.3 Å². The predicted molar refractivity (Wildman–Crippen MR) is 149 cm³/mol. The number of carbonyl (C=O) groups is 3. The summed E-state index contributed by atoms with van der Waals surface area (Å²) in [6.45, 7) is 5.76. The Labute approximate surface area is 233 Å². The Morgan fingerprint density at radius 2 is 1.70 bits per heavy atom. The Hall–Kier alpha value is -4.68. The zero-order valence-electron chi connectivity index (χ0n) is 22.9. The van der Waals surface area contributed by atoms with Gasteiger partial charge in [-0.25, -0.2) is 9.59 Å². The molecular formula is C27H37N7O6. The molecule has 1 atom stereocenters. The minimum absolute atomic E-state index is 0.0636. The number of hydrogen-bond donors (Lipinski definition) is 5. The van der Waals surface area contributed by atoms with Crippen molar-refractivity contribution in [2.45, 2.75) is 58.3 Å². The summed E-state index contributed by atoms with van der Waals surface area (Å²) in [6, 6.07) is 15.1. The van der Waals surface area contributed by atoms with Gasteiger partial charge in [0.2, 0.25) is 0 Å². The number of ether oxygens (including phenoxy) is 1. The van der Waals surface area contributed by atoms with Gasteiger partial charge < -0.3 is 21.1 Å². The largest absolute Gasteiger partial charge is 0.444 e. The van der Waals surface area contributed by atoms with E-state index in [1.54, 1.807) is 45.0 Å². The third kappa shape index (κ3) is 11.4. The van der Waals surface area contributed by atoms with Gasteiger partial charge in [-0.3, -0.25) is 30.5 Å². The van der Waals surface area contributed by atoms with Crippen LogP contribution in [0.2, 0.25) is 0 Å². The van der Waals surface area contributed by atoms with Gasteiger partial charge in [-0.15, -0.1) is 0 Å². The van der Waals surface area contributed by atoms with E-state index in [9.17, 15) is 24.5 Å². The number of alkyl carbamates (subject to hydrolysis) is 1. The molecule has 0 spiro atoms. The van der Waals surface area contributed by atoms with Crippen LogP contribution < -0.4 is 21.7 Å². The highest BCUT2D eigenvalue weighted by atomic mass is 16.6. The minimum Gasteiger partial charge on any atom is -0.444 e. The van der Waals surface area contributed by atoms with E-state index in [4.69, 9.17) is 15.9 Å². The van der Waals surface area contributed by atoms with E-state index >= 15 is 0 Å². The van der Waals surface area contributed by atoms with Crippen molar-refractivity contribution in [1.29, 1.82) is 5.41 Å². The number of rotatable bonds is 12. The monoisotopic (exact) mass is 555 g/mol. The fraction of sp³-hybridized carbons (Fsp3) is 0.407. The number of nitro groups is 1. The number of nitrogens with one attached hydrogen (secondary N) is 4. The fourth-order valence-corrected chi connectivity index (χ4v) is 3.61. The summed E-state index contributed by atoms with van der Waals surface area (Å²) in [5.74, 6) is -1.11. The number of nitrogens with zero attached hydrogens (tertiary/aromatic N) is 2. The van der Waals surface area contributed by atoms with Gasteiger partial charge in [-0.05, 0) is 56.9 Å². The van der Waals surface area contributed by atoms with Gasteiger partial charge in [-0.2, -0.15) is 0 Å². The van der Waals surface area contributed by atoms with Crippen molar-refractivity contribution in [2.24, 2.45) is 5.73 Å². The molecule has 13 nitrogen and oxygen atoms in total. The second-order valence-electron chi connectivity index (χ2n) is 9.98. The van der Waals surface area contributed by atoms with Crippen molar-refractivity contribution in [1.82, 2.24) is 20.9 Å². The molecule has 2 aromatic rings. The second-order valence-corrected chi connectivity index (χ2v) is 9.98. The molecule has 0 fully saturated rings. The van der Waals surface area contributed by atoms with E-state index in [0.29, 0.717) is 13.0 Å². The van der Waals surface area contributed by atoms with Crippen LogP contribution in [0, 0.1) is 15.5 Å². The lowest BCUT2D eigenvalue weighted by molar-refractivity contribution is -0.527. The van der Waals surface area contributed by atoms with E-state index in [-0.39, 0.29) is 31.5 Å². The Bertz CT molecular complexity index is 1170. The van der Waals surface area contributed by atoms with Crippen LogP contribution in [0.5, 0.6) is 0 Å². The second kappa shape index (κ2) is 15.0. The molecule has 0 saturated carbocycles. The van der Waals surface area contributed by atoms with Crippen LogP contribution in [-0.2, 0) is 17.7 Å². The molecule has 0 aliphatic rings. The molecule has 6 N–H and O–H groups in total. The van der Waals surface area contributed by atoms with Gasteiger partial charge in [0.1, 0.15) is 5.60 Å². The van der Waals surface area contributed by atoms with Crippen molar-refractivity contribution in [3.63, 3.8) is 0 Å². The Morgan fingerprint density at radius 1 is 1.05 bits per heavy atom. The number of imide groups is 1. The first-order chi connectivity index (χ1) is 18.9. The van der Waals surface area contributed by atoms with Gasteiger partial charge in [-0.1, -0.05) is 42.5 Å². The van der Waals surface area contributed by atoms with Crippen molar-refractivity contribution < 1.29 is 24.0 Å². The molecule has 4 amide bonds. The van der Waals surface area contributed by atoms with Crippen LogP contribution in [0.25, 0.3) is 0 Å². The molecule has 0 bridgehead atoms. The zero-order valence-corrected chi connectivity index (χ0v) is 22.9. The molecule has 0 aliphatic heterocycles. The number of urea groups is 1. The molecule has 216 valence electrons. The maximum Gasteiger partial charge on any atom is 0.407 e. The number of nitrogens with two attached hydrogens (primary N) is 1. The van der Waals surface area contributed by atoms with Crippen molar-refractivity contribution in [2.75, 3.05) is 13.1 Å². The van der Waals surface area contributed by atoms with Crippen molar-refractivity contribution in [3.05, 3.63) is 81.4 Å². The summed E-state index contributed by atoms with van der Waals surface area (Å²) in [5, 5.41) is 26.2. The zero-order chi connectivity index (χ0) is 29.7. The number of amides is 4. The molecule has 0 aliphatic carbocycles. The van der Waals surface area contributed by atoms with Crippen molar-refractivity contribution >= 4 is 24.0 Å². The molecule has 0 unspecified atom stereocenters. The minimum atomic E-state index is -1.32. The highest BCUT2D eigenvalue weighted by Gasteiger charge is 2.25. The molecule has 0 saturated heterocycles. The average Bonchev–Trinajstić information content (AvgIpc) is 2.88. The van der Waals surface area contributed by atoms with Crippen LogP contribution in [0.4, 0.5) is 9.59 Å². The summed E-state index contributed by atoms with van der Waals surface area (Å²) >= 11 is 0. The standard InChI is InChI=1S/C27H37N7O6/c1-27(2,3)40-26(37)30-16-15-19-11-13-21(14-12-19)23(35)33(17-7-10-22(34(38)39)32-24(28)29)25(36)31-18-20-8-5-4-6-9-20/h4-6,8-9,11-14,22H,7,10,15-18H2,1-3H3,(H,30,37)(H,31,36)(H4,28,29,32)/t22-/m0/s1. The number of guanidine groups is 1. The summed E-state index contributed by atoms with van der Waals surface area (Å²) in [4.78, 5) is 49.8. The maximum absolute atomic E-state index is 13.3. The molecule has 0 aromatic heterocycles. The predicted octanol–water partition coefficient (Wildman–Crippen LogP) is 2.97. The Balaban J connectivity index is 2.06. The first-order valence-corrected chi connectivity index (χ1v) is 12.8. The van der Waals surface area contributed by atoms with Gasteiger partial charge in [0.05, 0.1) is 0 Å². The lowest BCUT2D eigenvalue weighted by atomic mass is 10.1. The van der Waals surface area contributed by atoms with Crippen molar-refractivity contribution in [3.8, 4) is 0 Å². The first kappa shape index (κ1) is 31.5. The molecule has 0 radical (unpaired) electrons. The summed E-state index contributed by atoms with van der Waals surface area (Å²) in [7, 11) is 0. The van der Waals surface area contributed by atoms with E-state index in [2.05, 4.69) is 16.0 Å². The fourth-order valence-electron chi connectivity index (χ4n) is 3.61. The normalized spacial score (nSPS) is 11.6. The van der Waals surface area contributed by atoms with Crippen LogP contribution in [-0.4, -0.2) is 58.7 Å². The molecule has 2 rings (SSSR count). The summed E-state index contributed by atoms with van der Waals surface area (Å²) < 4.78 is 5.21. The molecule has 2 aromatic carbocycles. The van der Waals surface area contributed by atoms with E-state index in [1.165, 1.54) is 0 Å². The highest BCUT2D eigenvalue weighted by molar-refractivity contribution is 6.04. The van der Waals surface area contributed by atoms with Gasteiger partial charge in [0.25, 0.3) is 12.1 Å². The van der Waals surface area contributed by atoms with Crippen LogP contribution >= 0.6 is 0 Å². The lowest BCUT2D eigenvalue weighted by Gasteiger charge is -2.22. The summed E-state index contributed by atoms with van der Waals surface area (Å²) in [5.41, 5.74) is 6.58. The van der Waals surface area contributed by atoms with Crippen LogP contribution in [0.1, 0.15) is 55.1 Å². The highest BCUT2D eigenvalue weighted by Crippen LogP contribution is 2.12. The maximum atomic E-state index is 13.3. The molecule has 40 heavy (non-hydrogen) atoms. The quantitative estimate of drug-likeness (QED) is 0.0867.